The van der Waals surface area contributed by atoms with Gasteiger partial charge in [-0.05, 0) is 30.4 Å². The molecular weight excluding hydrogens is 202 g/mol. The number of nitrogens with two attached hydrogens (primary N) is 1. The molecule has 1 saturated carbocycles. The normalized spacial score (nSPS) is 16.8. The molecule has 3 N–H and O–H groups in total. The maximum atomic E-state index is 11.5. The lowest BCUT2D eigenvalue weighted by Gasteiger charge is -2.10. The van der Waals surface area contributed by atoms with Crippen LogP contribution in [0.15, 0.2) is 24.5 Å². The number of nitrogens with zero attached hydrogens (tertiary/aromatic N) is 1. The minimum atomic E-state index is 0.0308. The van der Waals surface area contributed by atoms with Crippen LogP contribution in [0.3, 0.4) is 0 Å². The Hall–Kier alpha value is -1.42. The molecule has 1 amide bonds. The quantitative estimate of drug-likeness (QED) is 0.770. The lowest BCUT2D eigenvalue weighted by atomic mass is 10.1. The van der Waals surface area contributed by atoms with Crippen molar-refractivity contribution in [1.29, 1.82) is 0 Å². The van der Waals surface area contributed by atoms with Gasteiger partial charge in [0, 0.05) is 31.4 Å². The zero-order valence-corrected chi connectivity index (χ0v) is 9.23. The van der Waals surface area contributed by atoms with Crippen LogP contribution in [0.2, 0.25) is 0 Å². The molecule has 2 rings (SSSR count). The molecule has 1 unspecified atom stereocenters. The molecule has 1 atom stereocenters. The van der Waals surface area contributed by atoms with Crippen molar-refractivity contribution in [2.24, 2.45) is 11.7 Å². The Kier molecular flexibility index (Phi) is 3.51. The molecule has 0 bridgehead atoms. The first kappa shape index (κ1) is 11.1. The molecule has 0 spiro atoms. The number of rotatable bonds is 5. The molecule has 0 radical (unpaired) electrons. The molecule has 1 aliphatic rings. The van der Waals surface area contributed by atoms with E-state index in [0.29, 0.717) is 18.9 Å². The van der Waals surface area contributed by atoms with Gasteiger partial charge >= 0.3 is 0 Å². The number of hydrogen-bond donors (Lipinski definition) is 2. The van der Waals surface area contributed by atoms with E-state index >= 15 is 0 Å². The smallest absolute Gasteiger partial charge is 0.221 e. The standard InChI is InChI=1S/C12H17N3O/c13-11(10-3-4-10)6-12(16)15-8-9-2-1-5-14-7-9/h1-2,5,7,10-11H,3-4,6,8,13H2,(H,15,16). The van der Waals surface area contributed by atoms with Crippen LogP contribution in [-0.4, -0.2) is 16.9 Å². The summed E-state index contributed by atoms with van der Waals surface area (Å²) in [5, 5.41) is 2.85. The van der Waals surface area contributed by atoms with Gasteiger partial charge in [0.2, 0.25) is 5.91 Å². The minimum absolute atomic E-state index is 0.0308. The van der Waals surface area contributed by atoms with E-state index in [0.717, 1.165) is 5.56 Å². The van der Waals surface area contributed by atoms with Crippen LogP contribution in [0.25, 0.3) is 0 Å². The molecule has 16 heavy (non-hydrogen) atoms. The monoisotopic (exact) mass is 219 g/mol. The molecule has 0 saturated heterocycles. The third-order valence-corrected chi connectivity index (χ3v) is 2.86. The van der Waals surface area contributed by atoms with Crippen LogP contribution in [0.4, 0.5) is 0 Å². The second kappa shape index (κ2) is 5.07. The van der Waals surface area contributed by atoms with E-state index in [2.05, 4.69) is 10.3 Å². The van der Waals surface area contributed by atoms with E-state index in [4.69, 9.17) is 5.73 Å². The molecule has 1 aromatic heterocycles. The predicted octanol–water partition coefficient (Wildman–Crippen LogP) is 0.825. The minimum Gasteiger partial charge on any atom is -0.352 e. The summed E-state index contributed by atoms with van der Waals surface area (Å²) >= 11 is 0. The molecule has 0 aliphatic heterocycles. The van der Waals surface area contributed by atoms with Gasteiger partial charge in [-0.15, -0.1) is 0 Å². The molecule has 4 heteroatoms. The molecule has 1 heterocycles. The molecule has 1 aromatic rings. The highest BCUT2D eigenvalue weighted by Crippen LogP contribution is 2.32. The van der Waals surface area contributed by atoms with Gasteiger partial charge in [0.25, 0.3) is 0 Å². The van der Waals surface area contributed by atoms with Gasteiger partial charge in [-0.3, -0.25) is 9.78 Å². The van der Waals surface area contributed by atoms with E-state index in [1.165, 1.54) is 12.8 Å². The summed E-state index contributed by atoms with van der Waals surface area (Å²) in [6, 6.07) is 3.83. The zero-order valence-electron chi connectivity index (χ0n) is 9.23. The first-order valence-corrected chi connectivity index (χ1v) is 5.67. The predicted molar refractivity (Wildman–Crippen MR) is 61.4 cm³/mol. The van der Waals surface area contributed by atoms with Gasteiger partial charge in [-0.2, -0.15) is 0 Å². The van der Waals surface area contributed by atoms with Crippen LogP contribution in [0.5, 0.6) is 0 Å². The maximum absolute atomic E-state index is 11.5. The topological polar surface area (TPSA) is 68.0 Å². The molecular formula is C12H17N3O. The lowest BCUT2D eigenvalue weighted by Crippen LogP contribution is -2.32. The Bertz CT molecular complexity index is 349. The maximum Gasteiger partial charge on any atom is 0.221 e. The van der Waals surface area contributed by atoms with Crippen LogP contribution in [-0.2, 0) is 11.3 Å². The van der Waals surface area contributed by atoms with E-state index in [9.17, 15) is 4.79 Å². The summed E-state index contributed by atoms with van der Waals surface area (Å²) in [6.07, 6.45) is 6.26. The van der Waals surface area contributed by atoms with Crippen LogP contribution in [0, 0.1) is 5.92 Å². The average molecular weight is 219 g/mol. The van der Waals surface area contributed by atoms with Crippen LogP contribution >= 0.6 is 0 Å². The van der Waals surface area contributed by atoms with E-state index < -0.39 is 0 Å². The second-order valence-corrected chi connectivity index (χ2v) is 4.34. The number of aromatic nitrogens is 1. The van der Waals surface area contributed by atoms with Gasteiger partial charge in [-0.1, -0.05) is 6.07 Å². The van der Waals surface area contributed by atoms with Crippen LogP contribution < -0.4 is 11.1 Å². The fourth-order valence-corrected chi connectivity index (χ4v) is 1.68. The van der Waals surface area contributed by atoms with Crippen molar-refractivity contribution < 1.29 is 4.79 Å². The summed E-state index contributed by atoms with van der Waals surface area (Å²) < 4.78 is 0. The van der Waals surface area contributed by atoms with Crippen LogP contribution in [0.1, 0.15) is 24.8 Å². The van der Waals surface area contributed by atoms with E-state index in [1.54, 1.807) is 12.4 Å². The van der Waals surface area contributed by atoms with Gasteiger partial charge in [0.1, 0.15) is 0 Å². The molecule has 0 aromatic carbocycles. The molecule has 86 valence electrons. The Labute approximate surface area is 95.3 Å². The third-order valence-electron chi connectivity index (χ3n) is 2.86. The van der Waals surface area contributed by atoms with Crippen molar-refractivity contribution >= 4 is 5.91 Å². The van der Waals surface area contributed by atoms with Crippen molar-refractivity contribution in [2.75, 3.05) is 0 Å². The van der Waals surface area contributed by atoms with Crippen molar-refractivity contribution in [3.8, 4) is 0 Å². The number of nitrogens with one attached hydrogen (secondary N) is 1. The summed E-state index contributed by atoms with van der Waals surface area (Å²) in [7, 11) is 0. The summed E-state index contributed by atoms with van der Waals surface area (Å²) in [6.45, 7) is 0.532. The molecule has 4 nitrogen and oxygen atoms in total. The van der Waals surface area contributed by atoms with Crippen molar-refractivity contribution in [1.82, 2.24) is 10.3 Å². The van der Waals surface area contributed by atoms with Gasteiger partial charge in [-0.25, -0.2) is 0 Å². The number of hydrogen-bond acceptors (Lipinski definition) is 3. The fourth-order valence-electron chi connectivity index (χ4n) is 1.68. The average Bonchev–Trinajstić information content (AvgIpc) is 3.11. The van der Waals surface area contributed by atoms with Gasteiger partial charge in [0.15, 0.2) is 0 Å². The Morgan fingerprint density at radius 3 is 3.06 bits per heavy atom. The largest absolute Gasteiger partial charge is 0.352 e. The Balaban J connectivity index is 1.71. The van der Waals surface area contributed by atoms with Crippen molar-refractivity contribution in [3.05, 3.63) is 30.1 Å². The Morgan fingerprint density at radius 1 is 1.62 bits per heavy atom. The third kappa shape index (κ3) is 3.31. The number of pyridine rings is 1. The number of amides is 1. The van der Waals surface area contributed by atoms with Crippen molar-refractivity contribution in [2.45, 2.75) is 31.8 Å². The first-order chi connectivity index (χ1) is 7.75. The number of carbonyl (C=O) groups is 1. The summed E-state index contributed by atoms with van der Waals surface area (Å²) in [4.78, 5) is 15.5. The lowest BCUT2D eigenvalue weighted by molar-refractivity contribution is -0.121. The fraction of sp³-hybridized carbons (Fsp3) is 0.500. The Morgan fingerprint density at radius 2 is 2.44 bits per heavy atom. The summed E-state index contributed by atoms with van der Waals surface area (Å²) in [5.41, 5.74) is 6.89. The van der Waals surface area contributed by atoms with Gasteiger partial charge < -0.3 is 11.1 Å². The highest BCUT2D eigenvalue weighted by Gasteiger charge is 2.29. The van der Waals surface area contributed by atoms with E-state index in [-0.39, 0.29) is 11.9 Å². The summed E-state index contributed by atoms with van der Waals surface area (Å²) in [5.74, 6) is 0.604. The number of carbonyl (C=O) groups excluding carboxylic acids is 1. The zero-order chi connectivity index (χ0) is 11.4. The second-order valence-electron chi connectivity index (χ2n) is 4.34. The highest BCUT2D eigenvalue weighted by atomic mass is 16.1. The SMILES string of the molecule is NC(CC(=O)NCc1cccnc1)C1CC1. The van der Waals surface area contributed by atoms with Crippen molar-refractivity contribution in [3.63, 3.8) is 0 Å². The van der Waals surface area contributed by atoms with E-state index in [1.807, 2.05) is 12.1 Å². The first-order valence-electron chi connectivity index (χ1n) is 5.67. The molecule has 1 fully saturated rings. The highest BCUT2D eigenvalue weighted by molar-refractivity contribution is 5.76. The molecule has 1 aliphatic carbocycles. The van der Waals surface area contributed by atoms with Gasteiger partial charge in [0.05, 0.1) is 0 Å².